The quantitative estimate of drug-likeness (QED) is 0.495. The Morgan fingerprint density at radius 1 is 1.19 bits per heavy atom. The predicted molar refractivity (Wildman–Crippen MR) is 101 cm³/mol. The van der Waals surface area contributed by atoms with Crippen LogP contribution in [0.3, 0.4) is 0 Å². The fourth-order valence-electron chi connectivity index (χ4n) is 2.23. The summed E-state index contributed by atoms with van der Waals surface area (Å²) in [6.45, 7) is 1.91. The fourth-order valence-corrected chi connectivity index (χ4v) is 4.00. The Balaban J connectivity index is 1.62. The van der Waals surface area contributed by atoms with Crippen molar-refractivity contribution in [3.8, 4) is 11.4 Å². The second-order valence-corrected chi connectivity index (χ2v) is 7.60. The van der Waals surface area contributed by atoms with Crippen LogP contribution in [0.15, 0.2) is 41.8 Å². The molecule has 0 saturated heterocycles. The summed E-state index contributed by atoms with van der Waals surface area (Å²) in [4.78, 5) is 29.0. The molecule has 0 fully saturated rings. The number of aromatic nitrogens is 4. The van der Waals surface area contributed by atoms with Crippen LogP contribution in [0.2, 0.25) is 0 Å². The Morgan fingerprint density at radius 2 is 1.96 bits per heavy atom. The van der Waals surface area contributed by atoms with Crippen LogP contribution < -0.4 is 5.32 Å². The molecule has 134 valence electrons. The highest BCUT2D eigenvalue weighted by Gasteiger charge is 2.15. The van der Waals surface area contributed by atoms with E-state index in [1.54, 1.807) is 18.5 Å². The van der Waals surface area contributed by atoms with Gasteiger partial charge in [0.1, 0.15) is 0 Å². The smallest absolute Gasteiger partial charge is 0.217 e. The van der Waals surface area contributed by atoms with Crippen molar-refractivity contribution in [1.29, 1.82) is 0 Å². The van der Waals surface area contributed by atoms with Crippen LogP contribution in [-0.4, -0.2) is 37.2 Å². The highest BCUT2D eigenvalue weighted by molar-refractivity contribution is 7.99. The number of hydrogen-bond acceptors (Lipinski definition) is 7. The zero-order valence-corrected chi connectivity index (χ0v) is 15.9. The highest BCUT2D eigenvalue weighted by atomic mass is 32.2. The first-order valence-electron chi connectivity index (χ1n) is 7.83. The number of pyridine rings is 1. The molecule has 9 heteroatoms. The number of carbonyl (C=O) groups is 2. The molecule has 0 spiro atoms. The maximum Gasteiger partial charge on any atom is 0.217 e. The molecule has 0 unspecified atom stereocenters. The minimum Gasteiger partial charge on any atom is -0.351 e. The van der Waals surface area contributed by atoms with E-state index in [1.165, 1.54) is 30.0 Å². The lowest BCUT2D eigenvalue weighted by Crippen LogP contribution is -2.18. The third kappa shape index (κ3) is 4.36. The third-order valence-electron chi connectivity index (χ3n) is 3.55. The van der Waals surface area contributed by atoms with Gasteiger partial charge in [0.05, 0.1) is 17.2 Å². The van der Waals surface area contributed by atoms with Crippen LogP contribution in [0.1, 0.15) is 21.5 Å². The molecule has 1 amide bonds. The van der Waals surface area contributed by atoms with Crippen molar-refractivity contribution in [3.05, 3.63) is 46.4 Å². The first-order valence-corrected chi connectivity index (χ1v) is 9.63. The van der Waals surface area contributed by atoms with Crippen molar-refractivity contribution in [2.75, 3.05) is 5.75 Å². The summed E-state index contributed by atoms with van der Waals surface area (Å²) in [5, 5.41) is 11.8. The van der Waals surface area contributed by atoms with Gasteiger partial charge in [-0.1, -0.05) is 11.8 Å². The SMILES string of the molecule is CC(=O)NCc1ccc(C(=O)CSc2nnc(-c3ccncc3)n2C)s1. The third-order valence-corrected chi connectivity index (χ3v) is 5.70. The first kappa shape index (κ1) is 18.3. The van der Waals surface area contributed by atoms with E-state index in [9.17, 15) is 9.59 Å². The summed E-state index contributed by atoms with van der Waals surface area (Å²) in [5.41, 5.74) is 0.925. The number of Topliss-reactive ketones (excluding diaryl/α,β-unsaturated/α-hetero) is 1. The monoisotopic (exact) mass is 387 g/mol. The number of nitrogens with zero attached hydrogens (tertiary/aromatic N) is 4. The van der Waals surface area contributed by atoms with Crippen LogP contribution in [0, 0.1) is 0 Å². The number of rotatable bonds is 7. The molecule has 0 aromatic carbocycles. The molecule has 0 aliphatic rings. The number of thiophene rings is 1. The minimum atomic E-state index is -0.0888. The molecule has 0 aliphatic heterocycles. The average Bonchev–Trinajstić information content (AvgIpc) is 3.26. The summed E-state index contributed by atoms with van der Waals surface area (Å²) in [5.74, 6) is 0.954. The normalized spacial score (nSPS) is 10.7. The Kier molecular flexibility index (Phi) is 5.79. The standard InChI is InChI=1S/C17H17N5O2S2/c1-11(23)19-9-13-3-4-15(26-13)14(24)10-25-17-21-20-16(22(17)2)12-5-7-18-8-6-12/h3-8H,9-10H2,1-2H3,(H,19,23). The Morgan fingerprint density at radius 3 is 2.69 bits per heavy atom. The second-order valence-electron chi connectivity index (χ2n) is 5.49. The van der Waals surface area contributed by atoms with Gasteiger partial charge in [-0.3, -0.25) is 14.6 Å². The molecule has 3 aromatic heterocycles. The van der Waals surface area contributed by atoms with Gasteiger partial charge in [0.25, 0.3) is 0 Å². The molecule has 1 N–H and O–H groups in total. The van der Waals surface area contributed by atoms with Gasteiger partial charge >= 0.3 is 0 Å². The van der Waals surface area contributed by atoms with Crippen molar-refractivity contribution in [2.24, 2.45) is 7.05 Å². The van der Waals surface area contributed by atoms with Crippen molar-refractivity contribution in [1.82, 2.24) is 25.1 Å². The van der Waals surface area contributed by atoms with Crippen LogP contribution in [0.5, 0.6) is 0 Å². The van der Waals surface area contributed by atoms with Gasteiger partial charge in [0.15, 0.2) is 16.8 Å². The Bertz CT molecular complexity index is 920. The van der Waals surface area contributed by atoms with E-state index in [4.69, 9.17) is 0 Å². The van der Waals surface area contributed by atoms with Gasteiger partial charge in [0, 0.05) is 36.8 Å². The van der Waals surface area contributed by atoms with Crippen LogP contribution in [0.4, 0.5) is 0 Å². The Labute approximate surface area is 158 Å². The van der Waals surface area contributed by atoms with Gasteiger partial charge < -0.3 is 9.88 Å². The molecule has 0 aliphatic carbocycles. The van der Waals surface area contributed by atoms with Crippen LogP contribution >= 0.6 is 23.1 Å². The fraction of sp³-hybridized carbons (Fsp3) is 0.235. The molecule has 3 heterocycles. The van der Waals surface area contributed by atoms with Crippen molar-refractivity contribution < 1.29 is 9.59 Å². The Hall–Kier alpha value is -2.52. The number of thioether (sulfide) groups is 1. The lowest BCUT2D eigenvalue weighted by Gasteiger charge is -2.03. The van der Waals surface area contributed by atoms with E-state index in [1.807, 2.05) is 29.8 Å². The van der Waals surface area contributed by atoms with E-state index in [-0.39, 0.29) is 17.4 Å². The lowest BCUT2D eigenvalue weighted by atomic mass is 10.2. The number of hydrogen-bond donors (Lipinski definition) is 1. The topological polar surface area (TPSA) is 89.8 Å². The van der Waals surface area contributed by atoms with Crippen LogP contribution in [-0.2, 0) is 18.4 Å². The number of amides is 1. The summed E-state index contributed by atoms with van der Waals surface area (Å²) in [7, 11) is 1.87. The molecule has 0 atom stereocenters. The number of carbonyl (C=O) groups excluding carboxylic acids is 2. The largest absolute Gasteiger partial charge is 0.351 e. The minimum absolute atomic E-state index is 0.0301. The molecular formula is C17H17N5O2S2. The van der Waals surface area contributed by atoms with Gasteiger partial charge in [-0.15, -0.1) is 21.5 Å². The maximum atomic E-state index is 12.4. The zero-order chi connectivity index (χ0) is 18.5. The molecule has 0 radical (unpaired) electrons. The zero-order valence-electron chi connectivity index (χ0n) is 14.3. The van der Waals surface area contributed by atoms with Gasteiger partial charge in [0.2, 0.25) is 5.91 Å². The average molecular weight is 387 g/mol. The van der Waals surface area contributed by atoms with Crippen molar-refractivity contribution in [3.63, 3.8) is 0 Å². The predicted octanol–water partition coefficient (Wildman–Crippen LogP) is 2.55. The van der Waals surface area contributed by atoms with Gasteiger partial charge in [-0.05, 0) is 24.3 Å². The first-order chi connectivity index (χ1) is 12.5. The van der Waals surface area contributed by atoms with E-state index in [0.29, 0.717) is 16.6 Å². The molecule has 0 saturated carbocycles. The van der Waals surface area contributed by atoms with Crippen molar-refractivity contribution >= 4 is 34.8 Å². The highest BCUT2D eigenvalue weighted by Crippen LogP contribution is 2.24. The lowest BCUT2D eigenvalue weighted by molar-refractivity contribution is -0.119. The van der Waals surface area contributed by atoms with E-state index in [2.05, 4.69) is 20.5 Å². The van der Waals surface area contributed by atoms with Crippen molar-refractivity contribution in [2.45, 2.75) is 18.6 Å². The molecular weight excluding hydrogens is 370 g/mol. The maximum absolute atomic E-state index is 12.4. The van der Waals surface area contributed by atoms with E-state index in [0.717, 1.165) is 16.3 Å². The molecule has 3 aromatic rings. The summed E-state index contributed by atoms with van der Waals surface area (Å²) in [6, 6.07) is 7.39. The van der Waals surface area contributed by atoms with E-state index >= 15 is 0 Å². The summed E-state index contributed by atoms with van der Waals surface area (Å²) < 4.78 is 1.86. The molecule has 0 bridgehead atoms. The van der Waals surface area contributed by atoms with E-state index < -0.39 is 0 Å². The number of nitrogens with one attached hydrogen (secondary N) is 1. The summed E-state index contributed by atoms with van der Waals surface area (Å²) >= 11 is 2.75. The summed E-state index contributed by atoms with van der Waals surface area (Å²) in [6.07, 6.45) is 3.41. The number of ketones is 1. The van der Waals surface area contributed by atoms with Crippen LogP contribution in [0.25, 0.3) is 11.4 Å². The molecule has 26 heavy (non-hydrogen) atoms. The molecule has 7 nitrogen and oxygen atoms in total. The second kappa shape index (κ2) is 8.24. The van der Waals surface area contributed by atoms with Gasteiger partial charge in [-0.2, -0.15) is 0 Å². The van der Waals surface area contributed by atoms with Gasteiger partial charge in [-0.25, -0.2) is 0 Å². The molecule has 3 rings (SSSR count).